The fraction of sp³-hybridized carbons (Fsp3) is 0.455. The van der Waals surface area contributed by atoms with E-state index in [-0.39, 0.29) is 11.2 Å². The molecule has 0 bridgehead atoms. The van der Waals surface area contributed by atoms with Crippen molar-refractivity contribution in [1.82, 2.24) is 0 Å². The van der Waals surface area contributed by atoms with Crippen LogP contribution in [-0.2, 0) is 6.42 Å². The summed E-state index contributed by atoms with van der Waals surface area (Å²) in [6, 6.07) is 6.61. The van der Waals surface area contributed by atoms with Gasteiger partial charge in [-0.1, -0.05) is 12.1 Å². The highest BCUT2D eigenvalue weighted by molar-refractivity contribution is 6.21. The van der Waals surface area contributed by atoms with Crippen molar-refractivity contribution >= 4 is 11.6 Å². The zero-order valence-corrected chi connectivity index (χ0v) is 8.10. The number of benzene rings is 1. The summed E-state index contributed by atoms with van der Waals surface area (Å²) in [5.74, 6) is 0.521. The van der Waals surface area contributed by atoms with Crippen molar-refractivity contribution in [3.63, 3.8) is 0 Å². The van der Waals surface area contributed by atoms with Gasteiger partial charge in [-0.05, 0) is 42.9 Å². The Morgan fingerprint density at radius 1 is 1.31 bits per heavy atom. The zero-order valence-electron chi connectivity index (χ0n) is 7.34. The molecule has 13 heavy (non-hydrogen) atoms. The summed E-state index contributed by atoms with van der Waals surface area (Å²) < 4.78 is 12.6. The van der Waals surface area contributed by atoms with Crippen LogP contribution in [0.5, 0.6) is 0 Å². The average Bonchev–Trinajstić information content (AvgIpc) is 2.91. The van der Waals surface area contributed by atoms with Crippen LogP contribution in [0.4, 0.5) is 4.39 Å². The molecule has 1 saturated carbocycles. The van der Waals surface area contributed by atoms with Gasteiger partial charge in [-0.15, -0.1) is 11.6 Å². The van der Waals surface area contributed by atoms with Crippen molar-refractivity contribution in [3.8, 4) is 0 Å². The first-order valence-electron chi connectivity index (χ1n) is 4.64. The normalized spacial score (nSPS) is 18.6. The van der Waals surface area contributed by atoms with E-state index in [4.69, 9.17) is 11.6 Å². The molecule has 2 rings (SSSR count). The second-order valence-electron chi connectivity index (χ2n) is 3.68. The molecule has 0 spiro atoms. The maximum absolute atomic E-state index is 12.6. The lowest BCUT2D eigenvalue weighted by Gasteiger charge is -2.06. The van der Waals surface area contributed by atoms with Gasteiger partial charge in [-0.25, -0.2) is 4.39 Å². The Bertz CT molecular complexity index is 277. The predicted octanol–water partition coefficient (Wildman–Crippen LogP) is 3.39. The molecule has 2 heteroatoms. The first-order valence-corrected chi connectivity index (χ1v) is 5.08. The van der Waals surface area contributed by atoms with Crippen molar-refractivity contribution in [1.29, 1.82) is 0 Å². The highest BCUT2D eigenvalue weighted by atomic mass is 35.5. The molecule has 1 atom stereocenters. The van der Waals surface area contributed by atoms with Crippen LogP contribution in [0.3, 0.4) is 0 Å². The quantitative estimate of drug-likeness (QED) is 0.654. The highest BCUT2D eigenvalue weighted by Crippen LogP contribution is 2.37. The molecule has 0 aromatic heterocycles. The van der Waals surface area contributed by atoms with Crippen molar-refractivity contribution in [2.24, 2.45) is 5.92 Å². The molecule has 0 aliphatic heterocycles. The average molecular weight is 199 g/mol. The minimum atomic E-state index is -0.179. The smallest absolute Gasteiger partial charge is 0.123 e. The van der Waals surface area contributed by atoms with Crippen LogP contribution in [-0.4, -0.2) is 5.38 Å². The third kappa shape index (κ3) is 2.44. The van der Waals surface area contributed by atoms with Gasteiger partial charge in [0.15, 0.2) is 0 Å². The maximum Gasteiger partial charge on any atom is 0.123 e. The molecule has 0 amide bonds. The van der Waals surface area contributed by atoms with E-state index in [0.717, 1.165) is 12.0 Å². The van der Waals surface area contributed by atoms with Crippen LogP contribution in [0.15, 0.2) is 24.3 Å². The van der Waals surface area contributed by atoms with Crippen LogP contribution >= 0.6 is 11.6 Å². The standard InChI is InChI=1S/C11H12ClF/c12-11(9-3-4-9)7-8-1-5-10(13)6-2-8/h1-2,5-6,9,11H,3-4,7H2. The highest BCUT2D eigenvalue weighted by Gasteiger charge is 2.29. The van der Waals surface area contributed by atoms with Crippen molar-refractivity contribution in [2.75, 3.05) is 0 Å². The first kappa shape index (κ1) is 9.01. The van der Waals surface area contributed by atoms with Crippen molar-refractivity contribution < 1.29 is 4.39 Å². The Morgan fingerprint density at radius 3 is 2.46 bits per heavy atom. The van der Waals surface area contributed by atoms with Gasteiger partial charge < -0.3 is 0 Å². The second kappa shape index (κ2) is 3.67. The van der Waals surface area contributed by atoms with Gasteiger partial charge in [0.2, 0.25) is 0 Å². The van der Waals surface area contributed by atoms with Gasteiger partial charge >= 0.3 is 0 Å². The molecule has 1 aromatic carbocycles. The Balaban J connectivity index is 1.96. The molecule has 0 radical (unpaired) electrons. The Morgan fingerprint density at radius 2 is 1.92 bits per heavy atom. The molecule has 0 N–H and O–H groups in total. The number of hydrogen-bond acceptors (Lipinski definition) is 0. The number of hydrogen-bond donors (Lipinski definition) is 0. The summed E-state index contributed by atoms with van der Waals surface area (Å²) in [6.45, 7) is 0. The summed E-state index contributed by atoms with van der Waals surface area (Å²) in [5.41, 5.74) is 1.13. The van der Waals surface area contributed by atoms with Crippen LogP contribution in [0.25, 0.3) is 0 Å². The first-order chi connectivity index (χ1) is 6.25. The Hall–Kier alpha value is -0.560. The van der Waals surface area contributed by atoms with E-state index in [0.29, 0.717) is 5.92 Å². The van der Waals surface area contributed by atoms with E-state index >= 15 is 0 Å². The van der Waals surface area contributed by atoms with E-state index in [1.54, 1.807) is 0 Å². The molecule has 0 heterocycles. The molecule has 70 valence electrons. The zero-order chi connectivity index (χ0) is 9.26. The molecule has 1 fully saturated rings. The second-order valence-corrected chi connectivity index (χ2v) is 4.24. The third-order valence-electron chi connectivity index (χ3n) is 2.48. The van der Waals surface area contributed by atoms with E-state index in [9.17, 15) is 4.39 Å². The maximum atomic E-state index is 12.6. The van der Waals surface area contributed by atoms with Crippen LogP contribution in [0.1, 0.15) is 18.4 Å². The van der Waals surface area contributed by atoms with Gasteiger partial charge in [-0.2, -0.15) is 0 Å². The van der Waals surface area contributed by atoms with Crippen molar-refractivity contribution in [3.05, 3.63) is 35.6 Å². The third-order valence-corrected chi connectivity index (χ3v) is 2.99. The van der Waals surface area contributed by atoms with Gasteiger partial charge in [0, 0.05) is 5.38 Å². The van der Waals surface area contributed by atoms with Gasteiger partial charge in [0.25, 0.3) is 0 Å². The number of alkyl halides is 1. The molecule has 0 saturated heterocycles. The Labute approximate surface area is 82.7 Å². The minimum Gasteiger partial charge on any atom is -0.207 e. The summed E-state index contributed by atoms with van der Waals surface area (Å²) in [5, 5.41) is 0.241. The van der Waals surface area contributed by atoms with Crippen LogP contribution in [0, 0.1) is 11.7 Å². The van der Waals surface area contributed by atoms with Gasteiger partial charge in [-0.3, -0.25) is 0 Å². The molecule has 1 aliphatic rings. The van der Waals surface area contributed by atoms with E-state index in [2.05, 4.69) is 0 Å². The molecular formula is C11H12ClF. The monoisotopic (exact) mass is 198 g/mol. The lowest BCUT2D eigenvalue weighted by molar-refractivity contribution is 0.626. The van der Waals surface area contributed by atoms with E-state index in [1.165, 1.54) is 25.0 Å². The van der Waals surface area contributed by atoms with E-state index in [1.807, 2.05) is 12.1 Å². The summed E-state index contributed by atoms with van der Waals surface area (Å²) >= 11 is 6.16. The molecule has 0 nitrogen and oxygen atoms in total. The van der Waals surface area contributed by atoms with E-state index < -0.39 is 0 Å². The summed E-state index contributed by atoms with van der Waals surface area (Å²) in [4.78, 5) is 0. The largest absolute Gasteiger partial charge is 0.207 e. The predicted molar refractivity (Wildman–Crippen MR) is 52.5 cm³/mol. The fourth-order valence-corrected chi connectivity index (χ4v) is 1.90. The van der Waals surface area contributed by atoms with Crippen molar-refractivity contribution in [2.45, 2.75) is 24.6 Å². The topological polar surface area (TPSA) is 0 Å². The van der Waals surface area contributed by atoms with Crippen LogP contribution in [0.2, 0.25) is 0 Å². The summed E-state index contributed by atoms with van der Waals surface area (Å²) in [7, 11) is 0. The lowest BCUT2D eigenvalue weighted by atomic mass is 10.1. The molecular weight excluding hydrogens is 187 g/mol. The van der Waals surface area contributed by atoms with Gasteiger partial charge in [0.1, 0.15) is 5.82 Å². The molecule has 1 aromatic rings. The Kier molecular flexibility index (Phi) is 2.54. The number of halogens is 2. The molecule has 1 unspecified atom stereocenters. The SMILES string of the molecule is Fc1ccc(CC(Cl)C2CC2)cc1. The van der Waals surface area contributed by atoms with Crippen LogP contribution < -0.4 is 0 Å². The minimum absolute atomic E-state index is 0.179. The van der Waals surface area contributed by atoms with Gasteiger partial charge in [0.05, 0.1) is 0 Å². The summed E-state index contributed by atoms with van der Waals surface area (Å²) in [6.07, 6.45) is 3.39. The number of rotatable bonds is 3. The molecule has 1 aliphatic carbocycles. The lowest BCUT2D eigenvalue weighted by Crippen LogP contribution is -2.05. The fourth-order valence-electron chi connectivity index (χ4n) is 1.47.